The zero-order valence-corrected chi connectivity index (χ0v) is 14.9. The van der Waals surface area contributed by atoms with Gasteiger partial charge < -0.3 is 5.32 Å². The van der Waals surface area contributed by atoms with Gasteiger partial charge in [0, 0.05) is 18.4 Å². The average molecular weight is 335 g/mol. The molecule has 1 aliphatic rings. The van der Waals surface area contributed by atoms with Crippen LogP contribution in [0.1, 0.15) is 49.0 Å². The standard InChI is InChI=1S/C18H25NO3S/c1-18(2,13-23(3,21)22)12-19-17(20)16-10-8-15(9-11-16)14-6-4-5-7-14/h6,8-11H,4-5,7,12-13H2,1-3H3,(H,19,20). The molecule has 1 aromatic rings. The summed E-state index contributed by atoms with van der Waals surface area (Å²) in [5, 5.41) is 2.83. The highest BCUT2D eigenvalue weighted by molar-refractivity contribution is 7.90. The molecule has 1 amide bonds. The number of rotatable bonds is 6. The first-order chi connectivity index (χ1) is 10.7. The minimum absolute atomic E-state index is 0.0490. The predicted octanol–water partition coefficient (Wildman–Crippen LogP) is 3.05. The lowest BCUT2D eigenvalue weighted by Gasteiger charge is -2.23. The molecule has 1 aromatic carbocycles. The quantitative estimate of drug-likeness (QED) is 0.869. The van der Waals surface area contributed by atoms with Crippen molar-refractivity contribution >= 4 is 21.3 Å². The Kier molecular flexibility index (Phi) is 5.30. The summed E-state index contributed by atoms with van der Waals surface area (Å²) in [5.74, 6) is -0.119. The van der Waals surface area contributed by atoms with Crippen molar-refractivity contribution in [2.45, 2.75) is 33.1 Å². The number of amides is 1. The number of hydrogen-bond donors (Lipinski definition) is 1. The van der Waals surface area contributed by atoms with Crippen molar-refractivity contribution in [2.24, 2.45) is 5.41 Å². The Labute approximate surface area is 138 Å². The highest BCUT2D eigenvalue weighted by Gasteiger charge is 2.24. The van der Waals surface area contributed by atoms with Crippen molar-refractivity contribution in [2.75, 3.05) is 18.6 Å². The monoisotopic (exact) mass is 335 g/mol. The first-order valence-electron chi connectivity index (χ1n) is 7.92. The van der Waals surface area contributed by atoms with Gasteiger partial charge in [-0.2, -0.15) is 0 Å². The molecule has 0 atom stereocenters. The van der Waals surface area contributed by atoms with Gasteiger partial charge in [0.1, 0.15) is 9.84 Å². The molecule has 0 heterocycles. The van der Waals surface area contributed by atoms with Crippen LogP contribution < -0.4 is 5.32 Å². The van der Waals surface area contributed by atoms with Crippen LogP contribution in [0.5, 0.6) is 0 Å². The molecule has 1 aliphatic carbocycles. The van der Waals surface area contributed by atoms with Crippen LogP contribution in [0.4, 0.5) is 0 Å². The fraction of sp³-hybridized carbons (Fsp3) is 0.500. The number of carbonyl (C=O) groups is 1. The molecule has 23 heavy (non-hydrogen) atoms. The minimum atomic E-state index is -3.07. The molecule has 5 heteroatoms. The highest BCUT2D eigenvalue weighted by Crippen LogP contribution is 2.27. The highest BCUT2D eigenvalue weighted by atomic mass is 32.2. The zero-order chi connectivity index (χ0) is 17.1. The van der Waals surface area contributed by atoms with Crippen LogP contribution in [0, 0.1) is 5.41 Å². The number of allylic oxidation sites excluding steroid dienone is 2. The second-order valence-corrected chi connectivity index (χ2v) is 9.26. The van der Waals surface area contributed by atoms with Gasteiger partial charge in [-0.1, -0.05) is 32.1 Å². The number of benzene rings is 1. The maximum absolute atomic E-state index is 12.2. The summed E-state index contributed by atoms with van der Waals surface area (Å²) in [4.78, 5) is 12.2. The largest absolute Gasteiger partial charge is 0.351 e. The topological polar surface area (TPSA) is 63.2 Å². The number of carbonyl (C=O) groups excluding carboxylic acids is 1. The van der Waals surface area contributed by atoms with Crippen molar-refractivity contribution in [3.63, 3.8) is 0 Å². The van der Waals surface area contributed by atoms with Crippen LogP contribution in [0.25, 0.3) is 5.57 Å². The van der Waals surface area contributed by atoms with Crippen LogP contribution in [-0.2, 0) is 9.84 Å². The van der Waals surface area contributed by atoms with Gasteiger partial charge in [0.2, 0.25) is 0 Å². The van der Waals surface area contributed by atoms with Crippen LogP contribution in [0.3, 0.4) is 0 Å². The SMILES string of the molecule is CC(C)(CNC(=O)c1ccc(C2=CCCC2)cc1)CS(C)(=O)=O. The molecule has 4 nitrogen and oxygen atoms in total. The Balaban J connectivity index is 1.95. The smallest absolute Gasteiger partial charge is 0.251 e. The second kappa shape index (κ2) is 6.87. The number of sulfone groups is 1. The fourth-order valence-corrected chi connectivity index (χ4v) is 4.47. The number of hydrogen-bond acceptors (Lipinski definition) is 3. The molecule has 0 saturated heterocycles. The maximum Gasteiger partial charge on any atom is 0.251 e. The fourth-order valence-electron chi connectivity index (χ4n) is 2.95. The Hall–Kier alpha value is -1.62. The Morgan fingerprint density at radius 1 is 1.22 bits per heavy atom. The third kappa shape index (κ3) is 5.50. The van der Waals surface area contributed by atoms with E-state index in [0.29, 0.717) is 12.1 Å². The summed E-state index contributed by atoms with van der Waals surface area (Å²) in [5.41, 5.74) is 2.64. The van der Waals surface area contributed by atoms with Crippen molar-refractivity contribution in [1.29, 1.82) is 0 Å². The predicted molar refractivity (Wildman–Crippen MR) is 94.1 cm³/mol. The lowest BCUT2D eigenvalue weighted by molar-refractivity contribution is 0.0939. The van der Waals surface area contributed by atoms with Crippen LogP contribution in [0.15, 0.2) is 30.3 Å². The Morgan fingerprint density at radius 3 is 2.39 bits per heavy atom. The average Bonchev–Trinajstić information content (AvgIpc) is 2.96. The first kappa shape index (κ1) is 17.7. The van der Waals surface area contributed by atoms with Gasteiger partial charge in [0.05, 0.1) is 5.75 Å². The summed E-state index contributed by atoms with van der Waals surface area (Å²) < 4.78 is 22.8. The Bertz CT molecular complexity index is 700. The minimum Gasteiger partial charge on any atom is -0.351 e. The van der Waals surface area contributed by atoms with Gasteiger partial charge in [-0.25, -0.2) is 8.42 Å². The molecule has 0 saturated carbocycles. The summed E-state index contributed by atoms with van der Waals surface area (Å²) >= 11 is 0. The summed E-state index contributed by atoms with van der Waals surface area (Å²) in [6.45, 7) is 4.00. The lowest BCUT2D eigenvalue weighted by atomic mass is 9.96. The van der Waals surface area contributed by atoms with E-state index < -0.39 is 15.3 Å². The molecule has 0 bridgehead atoms. The van der Waals surface area contributed by atoms with Crippen molar-refractivity contribution in [1.82, 2.24) is 5.32 Å². The number of nitrogens with one attached hydrogen (secondary N) is 1. The first-order valence-corrected chi connectivity index (χ1v) is 9.98. The van der Waals surface area contributed by atoms with E-state index in [0.717, 1.165) is 12.8 Å². The summed E-state index contributed by atoms with van der Waals surface area (Å²) in [7, 11) is -3.07. The van der Waals surface area contributed by atoms with Gasteiger partial charge in [-0.05, 0) is 47.9 Å². The molecular formula is C18H25NO3S. The molecule has 126 valence electrons. The van der Waals surface area contributed by atoms with Crippen molar-refractivity contribution < 1.29 is 13.2 Å². The molecule has 0 spiro atoms. The van der Waals surface area contributed by atoms with E-state index in [2.05, 4.69) is 11.4 Å². The molecule has 0 unspecified atom stereocenters. The summed E-state index contributed by atoms with van der Waals surface area (Å²) in [6, 6.07) is 7.61. The van der Waals surface area contributed by atoms with Gasteiger partial charge in [0.15, 0.2) is 0 Å². The summed E-state index contributed by atoms with van der Waals surface area (Å²) in [6.07, 6.45) is 6.90. The van der Waals surface area contributed by atoms with E-state index in [9.17, 15) is 13.2 Å². The van der Waals surface area contributed by atoms with Gasteiger partial charge in [-0.3, -0.25) is 4.79 Å². The molecule has 0 aromatic heterocycles. The van der Waals surface area contributed by atoms with Crippen molar-refractivity contribution in [3.8, 4) is 0 Å². The van der Waals surface area contributed by atoms with E-state index in [-0.39, 0.29) is 11.7 Å². The Morgan fingerprint density at radius 2 is 1.87 bits per heavy atom. The van der Waals surface area contributed by atoms with E-state index in [1.165, 1.54) is 23.8 Å². The molecule has 0 fully saturated rings. The van der Waals surface area contributed by atoms with Gasteiger partial charge in [0.25, 0.3) is 5.91 Å². The van der Waals surface area contributed by atoms with Crippen LogP contribution in [-0.4, -0.2) is 32.9 Å². The molecule has 2 rings (SSSR count). The van der Waals surface area contributed by atoms with Gasteiger partial charge in [-0.15, -0.1) is 0 Å². The maximum atomic E-state index is 12.2. The van der Waals surface area contributed by atoms with E-state index in [1.54, 1.807) is 0 Å². The van der Waals surface area contributed by atoms with E-state index >= 15 is 0 Å². The molecule has 1 N–H and O–H groups in total. The lowest BCUT2D eigenvalue weighted by Crippen LogP contribution is -2.38. The third-order valence-corrected chi connectivity index (χ3v) is 5.25. The molecule has 0 radical (unpaired) electrons. The van der Waals surface area contributed by atoms with Crippen molar-refractivity contribution in [3.05, 3.63) is 41.5 Å². The van der Waals surface area contributed by atoms with E-state index in [1.807, 2.05) is 38.1 Å². The van der Waals surface area contributed by atoms with Crippen LogP contribution >= 0.6 is 0 Å². The third-order valence-electron chi connectivity index (χ3n) is 3.94. The molecule has 0 aliphatic heterocycles. The molecular weight excluding hydrogens is 310 g/mol. The second-order valence-electron chi connectivity index (χ2n) is 7.12. The van der Waals surface area contributed by atoms with E-state index in [4.69, 9.17) is 0 Å². The van der Waals surface area contributed by atoms with Gasteiger partial charge >= 0.3 is 0 Å². The normalized spacial score (nSPS) is 15.3. The zero-order valence-electron chi connectivity index (χ0n) is 14.1. The van der Waals surface area contributed by atoms with Crippen LogP contribution in [0.2, 0.25) is 0 Å².